The molecule has 1 aromatic carbocycles. The van der Waals surface area contributed by atoms with Crippen LogP contribution in [0.4, 0.5) is 5.69 Å². The summed E-state index contributed by atoms with van der Waals surface area (Å²) in [5, 5.41) is 0. The lowest BCUT2D eigenvalue weighted by Crippen LogP contribution is -2.51. The van der Waals surface area contributed by atoms with Crippen LogP contribution in [0, 0.1) is 13.8 Å². The van der Waals surface area contributed by atoms with Crippen LogP contribution in [0.1, 0.15) is 18.1 Å². The number of anilines is 1. The van der Waals surface area contributed by atoms with Crippen LogP contribution < -0.4 is 10.6 Å². The molecule has 3 nitrogen and oxygen atoms in total. The van der Waals surface area contributed by atoms with Crippen LogP contribution in [-0.2, 0) is 0 Å². The molecule has 1 atom stereocenters. The van der Waals surface area contributed by atoms with E-state index in [1.807, 2.05) is 0 Å². The van der Waals surface area contributed by atoms with Gasteiger partial charge in [0.1, 0.15) is 0 Å². The van der Waals surface area contributed by atoms with E-state index in [1.54, 1.807) is 0 Å². The van der Waals surface area contributed by atoms with Gasteiger partial charge in [-0.25, -0.2) is 0 Å². The number of hydrogen-bond donors (Lipinski definition) is 1. The highest BCUT2D eigenvalue weighted by molar-refractivity contribution is 5.55. The standard InChI is InChI=1S/C15H25N3/c1-12-4-5-13(2)15(10-12)18-8-6-17(7-9-18)14(3)11-16/h4-5,10,14H,6-9,11,16H2,1-3H3. The van der Waals surface area contributed by atoms with Gasteiger partial charge in [0.25, 0.3) is 0 Å². The van der Waals surface area contributed by atoms with E-state index in [-0.39, 0.29) is 0 Å². The minimum Gasteiger partial charge on any atom is -0.369 e. The number of piperazine rings is 1. The van der Waals surface area contributed by atoms with Gasteiger partial charge in [-0.15, -0.1) is 0 Å². The molecule has 2 N–H and O–H groups in total. The van der Waals surface area contributed by atoms with Gasteiger partial charge in [0.2, 0.25) is 0 Å². The van der Waals surface area contributed by atoms with Crippen molar-refractivity contribution in [2.75, 3.05) is 37.6 Å². The zero-order valence-electron chi connectivity index (χ0n) is 11.8. The van der Waals surface area contributed by atoms with Gasteiger partial charge < -0.3 is 10.6 Å². The van der Waals surface area contributed by atoms with Crippen molar-refractivity contribution in [2.45, 2.75) is 26.8 Å². The van der Waals surface area contributed by atoms with Crippen LogP contribution in [0.25, 0.3) is 0 Å². The number of benzene rings is 1. The van der Waals surface area contributed by atoms with Gasteiger partial charge in [0, 0.05) is 44.5 Å². The zero-order valence-corrected chi connectivity index (χ0v) is 11.8. The number of nitrogens with two attached hydrogens (primary N) is 1. The molecular formula is C15H25N3. The second kappa shape index (κ2) is 5.72. The number of nitrogens with zero attached hydrogens (tertiary/aromatic N) is 2. The highest BCUT2D eigenvalue weighted by Crippen LogP contribution is 2.23. The highest BCUT2D eigenvalue weighted by atomic mass is 15.3. The maximum atomic E-state index is 5.74. The van der Waals surface area contributed by atoms with E-state index in [9.17, 15) is 0 Å². The van der Waals surface area contributed by atoms with Crippen molar-refractivity contribution in [2.24, 2.45) is 5.73 Å². The molecule has 1 heterocycles. The van der Waals surface area contributed by atoms with Crippen LogP contribution >= 0.6 is 0 Å². The summed E-state index contributed by atoms with van der Waals surface area (Å²) in [4.78, 5) is 4.99. The zero-order chi connectivity index (χ0) is 13.1. The minimum absolute atomic E-state index is 0.505. The first-order chi connectivity index (χ1) is 8.61. The minimum atomic E-state index is 0.505. The molecule has 1 fully saturated rings. The van der Waals surface area contributed by atoms with Crippen molar-refractivity contribution in [1.29, 1.82) is 0 Å². The van der Waals surface area contributed by atoms with E-state index in [2.05, 4.69) is 48.8 Å². The van der Waals surface area contributed by atoms with Gasteiger partial charge in [0.15, 0.2) is 0 Å². The molecule has 0 aliphatic carbocycles. The summed E-state index contributed by atoms with van der Waals surface area (Å²) < 4.78 is 0. The molecule has 2 rings (SSSR count). The smallest absolute Gasteiger partial charge is 0.0399 e. The quantitative estimate of drug-likeness (QED) is 0.883. The van der Waals surface area contributed by atoms with E-state index in [0.29, 0.717) is 6.04 Å². The molecule has 0 aromatic heterocycles. The second-order valence-electron chi connectivity index (χ2n) is 5.40. The summed E-state index contributed by atoms with van der Waals surface area (Å²) in [5.41, 5.74) is 9.85. The summed E-state index contributed by atoms with van der Waals surface area (Å²) in [7, 11) is 0. The lowest BCUT2D eigenvalue weighted by molar-refractivity contribution is 0.201. The van der Waals surface area contributed by atoms with E-state index in [4.69, 9.17) is 5.73 Å². The molecule has 0 radical (unpaired) electrons. The molecule has 1 unspecified atom stereocenters. The molecule has 18 heavy (non-hydrogen) atoms. The topological polar surface area (TPSA) is 32.5 Å². The summed E-state index contributed by atoms with van der Waals surface area (Å²) in [6, 6.07) is 7.22. The molecule has 0 spiro atoms. The van der Waals surface area contributed by atoms with Gasteiger partial charge in [-0.1, -0.05) is 12.1 Å². The fourth-order valence-corrected chi connectivity index (χ4v) is 2.61. The van der Waals surface area contributed by atoms with Crippen molar-refractivity contribution in [3.8, 4) is 0 Å². The molecule has 1 aliphatic rings. The molecule has 1 saturated heterocycles. The summed E-state index contributed by atoms with van der Waals surface area (Å²) >= 11 is 0. The van der Waals surface area contributed by atoms with Gasteiger partial charge >= 0.3 is 0 Å². The van der Waals surface area contributed by atoms with Crippen molar-refractivity contribution >= 4 is 5.69 Å². The SMILES string of the molecule is Cc1ccc(C)c(N2CCN(C(C)CN)CC2)c1. The normalized spacial score (nSPS) is 19.0. The van der Waals surface area contributed by atoms with E-state index < -0.39 is 0 Å². The average Bonchev–Trinajstić information content (AvgIpc) is 2.41. The molecule has 1 aromatic rings. The first-order valence-corrected chi connectivity index (χ1v) is 6.88. The Morgan fingerprint density at radius 2 is 1.83 bits per heavy atom. The Morgan fingerprint density at radius 3 is 2.44 bits per heavy atom. The van der Waals surface area contributed by atoms with Crippen molar-refractivity contribution < 1.29 is 0 Å². The van der Waals surface area contributed by atoms with E-state index in [1.165, 1.54) is 16.8 Å². The van der Waals surface area contributed by atoms with Crippen molar-refractivity contribution in [3.05, 3.63) is 29.3 Å². The maximum Gasteiger partial charge on any atom is 0.0399 e. The Balaban J connectivity index is 2.03. The molecule has 100 valence electrons. The summed E-state index contributed by atoms with van der Waals surface area (Å²) in [6.07, 6.45) is 0. The Labute approximate surface area is 111 Å². The largest absolute Gasteiger partial charge is 0.369 e. The van der Waals surface area contributed by atoms with E-state index >= 15 is 0 Å². The monoisotopic (exact) mass is 247 g/mol. The van der Waals surface area contributed by atoms with Gasteiger partial charge in [-0.3, -0.25) is 4.90 Å². The fraction of sp³-hybridized carbons (Fsp3) is 0.600. The third kappa shape index (κ3) is 2.85. The highest BCUT2D eigenvalue weighted by Gasteiger charge is 2.21. The number of aryl methyl sites for hydroxylation is 2. The molecular weight excluding hydrogens is 222 g/mol. The predicted octanol–water partition coefficient (Wildman–Crippen LogP) is 1.77. The fourth-order valence-electron chi connectivity index (χ4n) is 2.61. The van der Waals surface area contributed by atoms with Crippen LogP contribution in [0.5, 0.6) is 0 Å². The lowest BCUT2D eigenvalue weighted by Gasteiger charge is -2.39. The Kier molecular flexibility index (Phi) is 4.25. The Morgan fingerprint density at radius 1 is 1.17 bits per heavy atom. The third-order valence-electron chi connectivity index (χ3n) is 3.98. The van der Waals surface area contributed by atoms with Gasteiger partial charge in [-0.05, 0) is 38.0 Å². The van der Waals surface area contributed by atoms with Crippen LogP contribution in [-0.4, -0.2) is 43.7 Å². The molecule has 0 bridgehead atoms. The first-order valence-electron chi connectivity index (χ1n) is 6.88. The van der Waals surface area contributed by atoms with Crippen LogP contribution in [0.2, 0.25) is 0 Å². The van der Waals surface area contributed by atoms with Crippen molar-refractivity contribution in [1.82, 2.24) is 4.90 Å². The maximum absolute atomic E-state index is 5.74. The van der Waals surface area contributed by atoms with Gasteiger partial charge in [-0.2, -0.15) is 0 Å². The Bertz CT molecular complexity index is 395. The number of hydrogen-bond acceptors (Lipinski definition) is 3. The predicted molar refractivity (Wildman–Crippen MR) is 78.2 cm³/mol. The van der Waals surface area contributed by atoms with Crippen molar-refractivity contribution in [3.63, 3.8) is 0 Å². The average molecular weight is 247 g/mol. The Hall–Kier alpha value is -1.06. The summed E-state index contributed by atoms with van der Waals surface area (Å²) in [5.74, 6) is 0. The van der Waals surface area contributed by atoms with Crippen LogP contribution in [0.15, 0.2) is 18.2 Å². The second-order valence-corrected chi connectivity index (χ2v) is 5.40. The first kappa shape index (κ1) is 13.4. The molecule has 0 amide bonds. The third-order valence-corrected chi connectivity index (χ3v) is 3.98. The molecule has 3 heteroatoms. The molecule has 0 saturated carbocycles. The number of rotatable bonds is 3. The van der Waals surface area contributed by atoms with Gasteiger partial charge in [0.05, 0.1) is 0 Å². The van der Waals surface area contributed by atoms with E-state index in [0.717, 1.165) is 32.7 Å². The molecule has 1 aliphatic heterocycles. The lowest BCUT2D eigenvalue weighted by atomic mass is 10.1. The van der Waals surface area contributed by atoms with Crippen LogP contribution in [0.3, 0.4) is 0 Å². The summed E-state index contributed by atoms with van der Waals surface area (Å²) in [6.45, 7) is 11.8.